The highest BCUT2D eigenvalue weighted by atomic mass is 16.5. The topological polar surface area (TPSA) is 89.5 Å². The number of carbonyl (C=O) groups is 1. The molecule has 6 heteroatoms. The zero-order valence-electron chi connectivity index (χ0n) is 17.8. The molecule has 0 bridgehead atoms. The average molecular weight is 420 g/mol. The van der Waals surface area contributed by atoms with Crippen molar-refractivity contribution in [2.45, 2.75) is 44.2 Å². The summed E-state index contributed by atoms with van der Waals surface area (Å²) in [6.45, 7) is 0. The van der Waals surface area contributed by atoms with Gasteiger partial charge in [0.2, 0.25) is 0 Å². The molecule has 31 heavy (non-hydrogen) atoms. The maximum atomic E-state index is 12.0. The van der Waals surface area contributed by atoms with Gasteiger partial charge in [-0.3, -0.25) is 4.79 Å². The lowest BCUT2D eigenvalue weighted by Crippen LogP contribution is -2.29. The number of aliphatic hydroxyl groups is 1. The van der Waals surface area contributed by atoms with Crippen LogP contribution >= 0.6 is 0 Å². The van der Waals surface area contributed by atoms with Gasteiger partial charge in [-0.1, -0.05) is 18.2 Å². The molecule has 1 saturated carbocycles. The lowest BCUT2D eigenvalue weighted by molar-refractivity contribution is 0.100. The molecule has 2 aromatic carbocycles. The van der Waals surface area contributed by atoms with Crippen molar-refractivity contribution in [3.63, 3.8) is 0 Å². The summed E-state index contributed by atoms with van der Waals surface area (Å²) in [5.41, 5.74) is 10.0. The minimum Gasteiger partial charge on any atom is -0.496 e. The van der Waals surface area contributed by atoms with Gasteiger partial charge in [0.05, 0.1) is 18.8 Å². The Kier molecular flexibility index (Phi) is 6.28. The Morgan fingerprint density at radius 2 is 1.90 bits per heavy atom. The molecule has 0 spiro atoms. The normalized spacial score (nSPS) is 18.5. The molecule has 0 unspecified atom stereocenters. The molecule has 0 aliphatic heterocycles. The summed E-state index contributed by atoms with van der Waals surface area (Å²) < 4.78 is 7.62. The van der Waals surface area contributed by atoms with Crippen molar-refractivity contribution < 1.29 is 14.6 Å². The number of rotatable bonds is 7. The first-order valence-electron chi connectivity index (χ1n) is 10.7. The zero-order valence-corrected chi connectivity index (χ0v) is 17.8. The summed E-state index contributed by atoms with van der Waals surface area (Å²) in [4.78, 5) is 12.0. The highest BCUT2D eigenvalue weighted by Crippen LogP contribution is 2.28. The van der Waals surface area contributed by atoms with Crippen LogP contribution in [0.4, 0.5) is 5.69 Å². The van der Waals surface area contributed by atoms with E-state index in [2.05, 4.69) is 22.0 Å². The Morgan fingerprint density at radius 1 is 1.13 bits per heavy atom. The first-order valence-corrected chi connectivity index (χ1v) is 10.7. The van der Waals surface area contributed by atoms with Gasteiger partial charge in [-0.25, -0.2) is 0 Å². The molecule has 0 saturated heterocycles. The van der Waals surface area contributed by atoms with Crippen molar-refractivity contribution in [2.24, 2.45) is 5.73 Å². The average Bonchev–Trinajstić information content (AvgIpc) is 3.23. The molecule has 1 fully saturated rings. The van der Waals surface area contributed by atoms with Crippen molar-refractivity contribution in [2.75, 3.05) is 12.4 Å². The lowest BCUT2D eigenvalue weighted by atomic mass is 9.92. The number of nitrogens with one attached hydrogen (secondary N) is 1. The number of hydrogen-bond donors (Lipinski definition) is 3. The van der Waals surface area contributed by atoms with E-state index < -0.39 is 5.91 Å². The Hall–Kier alpha value is -3.25. The molecule has 4 rings (SSSR count). The maximum absolute atomic E-state index is 12.0. The highest BCUT2D eigenvalue weighted by molar-refractivity contribution is 5.99. The second-order valence-corrected chi connectivity index (χ2v) is 8.10. The summed E-state index contributed by atoms with van der Waals surface area (Å²) in [5, 5.41) is 13.3. The van der Waals surface area contributed by atoms with Gasteiger partial charge < -0.3 is 25.5 Å². The fourth-order valence-electron chi connectivity index (χ4n) is 4.31. The number of ether oxygens (including phenoxy) is 1. The van der Waals surface area contributed by atoms with Gasteiger partial charge in [0.25, 0.3) is 5.91 Å². The van der Waals surface area contributed by atoms with E-state index in [1.165, 1.54) is 0 Å². The number of hydrogen-bond acceptors (Lipinski definition) is 4. The summed E-state index contributed by atoms with van der Waals surface area (Å²) in [5.74, 6) is 0.410. The molecule has 6 nitrogen and oxygen atoms in total. The van der Waals surface area contributed by atoms with Crippen LogP contribution in [0.1, 0.15) is 47.3 Å². The van der Waals surface area contributed by atoms with Crippen LogP contribution in [0.5, 0.6) is 5.75 Å². The third-order valence-corrected chi connectivity index (χ3v) is 6.00. The molecule has 1 aliphatic carbocycles. The Morgan fingerprint density at radius 3 is 2.65 bits per heavy atom. The predicted octanol–water partition coefficient (Wildman–Crippen LogP) is 3.89. The second-order valence-electron chi connectivity index (χ2n) is 8.10. The van der Waals surface area contributed by atoms with Crippen LogP contribution in [-0.4, -0.2) is 34.8 Å². The second kappa shape index (κ2) is 9.27. The van der Waals surface area contributed by atoms with E-state index in [4.69, 9.17) is 10.5 Å². The molecule has 1 aliphatic rings. The van der Waals surface area contributed by atoms with E-state index in [1.54, 1.807) is 13.2 Å². The summed E-state index contributed by atoms with van der Waals surface area (Å²) in [7, 11) is 1.68. The molecule has 4 N–H and O–H groups in total. The van der Waals surface area contributed by atoms with Crippen molar-refractivity contribution in [3.8, 4) is 11.4 Å². The third kappa shape index (κ3) is 4.75. The molecular formula is C25H29N3O3. The molecule has 162 valence electrons. The van der Waals surface area contributed by atoms with Gasteiger partial charge in [0.1, 0.15) is 5.75 Å². The molecular weight excluding hydrogens is 390 g/mol. The number of methoxy groups -OCH3 is 1. The minimum absolute atomic E-state index is 0.217. The Bertz CT molecular complexity index is 1050. The summed E-state index contributed by atoms with van der Waals surface area (Å²) >= 11 is 0. The highest BCUT2D eigenvalue weighted by Gasteiger charge is 2.21. The Labute approximate surface area is 182 Å². The SMILES string of the molecule is COc1ccccc1Cc1cccn1-c1ccc(C(N)=O)c(NC2CCC(O)CC2)c1. The van der Waals surface area contributed by atoms with Crippen LogP contribution in [0.3, 0.4) is 0 Å². The number of nitrogens with two attached hydrogens (primary N) is 1. The number of primary amides is 1. The van der Waals surface area contributed by atoms with Crippen LogP contribution in [-0.2, 0) is 6.42 Å². The van der Waals surface area contributed by atoms with Gasteiger partial charge in [-0.2, -0.15) is 0 Å². The standard InChI is InChI=1S/C25H29N3O3/c1-31-24-7-3-2-5-17(24)15-19-6-4-14-28(19)20-10-13-22(25(26)30)23(16-20)27-18-8-11-21(29)12-9-18/h2-7,10,13-14,16,18,21,27,29H,8-9,11-12,15H2,1H3,(H2,26,30). The fourth-order valence-corrected chi connectivity index (χ4v) is 4.31. The molecule has 1 aromatic heterocycles. The number of aromatic nitrogens is 1. The van der Waals surface area contributed by atoms with Crippen molar-refractivity contribution in [1.82, 2.24) is 4.57 Å². The number of aliphatic hydroxyl groups excluding tert-OH is 1. The number of nitrogens with zero attached hydrogens (tertiary/aromatic N) is 1. The van der Waals surface area contributed by atoms with Gasteiger partial charge in [-0.15, -0.1) is 0 Å². The molecule has 0 radical (unpaired) electrons. The van der Waals surface area contributed by atoms with Gasteiger partial charge in [0, 0.05) is 35.7 Å². The molecule has 0 atom stereocenters. The first kappa shape index (κ1) is 21.0. The van der Waals surface area contributed by atoms with E-state index in [1.807, 2.05) is 42.6 Å². The van der Waals surface area contributed by atoms with E-state index in [9.17, 15) is 9.90 Å². The number of carbonyl (C=O) groups excluding carboxylic acids is 1. The van der Waals surface area contributed by atoms with Crippen LogP contribution in [0.2, 0.25) is 0 Å². The fraction of sp³-hybridized carbons (Fsp3) is 0.320. The van der Waals surface area contributed by atoms with Crippen molar-refractivity contribution in [1.29, 1.82) is 0 Å². The summed E-state index contributed by atoms with van der Waals surface area (Å²) in [6.07, 6.45) is 5.78. The number of para-hydroxylation sites is 1. The van der Waals surface area contributed by atoms with Crippen molar-refractivity contribution in [3.05, 3.63) is 77.6 Å². The van der Waals surface area contributed by atoms with Crippen LogP contribution in [0.25, 0.3) is 5.69 Å². The van der Waals surface area contributed by atoms with Crippen molar-refractivity contribution >= 4 is 11.6 Å². The van der Waals surface area contributed by atoms with E-state index in [0.717, 1.165) is 60.5 Å². The van der Waals surface area contributed by atoms with Gasteiger partial charge >= 0.3 is 0 Å². The van der Waals surface area contributed by atoms with Crippen LogP contribution < -0.4 is 15.8 Å². The zero-order chi connectivity index (χ0) is 21.8. The molecule has 1 heterocycles. The third-order valence-electron chi connectivity index (χ3n) is 6.00. The maximum Gasteiger partial charge on any atom is 0.250 e. The minimum atomic E-state index is -0.452. The quantitative estimate of drug-likeness (QED) is 0.542. The largest absolute Gasteiger partial charge is 0.496 e. The molecule has 3 aromatic rings. The lowest BCUT2D eigenvalue weighted by Gasteiger charge is -2.28. The predicted molar refractivity (Wildman–Crippen MR) is 122 cm³/mol. The Balaban J connectivity index is 1.63. The monoisotopic (exact) mass is 419 g/mol. The van der Waals surface area contributed by atoms with Crippen LogP contribution in [0.15, 0.2) is 60.8 Å². The van der Waals surface area contributed by atoms with Crippen LogP contribution in [0, 0.1) is 0 Å². The number of amides is 1. The van der Waals surface area contributed by atoms with E-state index in [0.29, 0.717) is 5.56 Å². The van der Waals surface area contributed by atoms with Gasteiger partial charge in [0.15, 0.2) is 0 Å². The van der Waals surface area contributed by atoms with E-state index in [-0.39, 0.29) is 12.1 Å². The smallest absolute Gasteiger partial charge is 0.250 e. The molecule has 1 amide bonds. The van der Waals surface area contributed by atoms with Gasteiger partial charge in [-0.05, 0) is 67.6 Å². The first-order chi connectivity index (χ1) is 15.0. The van der Waals surface area contributed by atoms with E-state index >= 15 is 0 Å². The number of benzene rings is 2. The number of anilines is 1. The summed E-state index contributed by atoms with van der Waals surface area (Å²) in [6, 6.07) is 18.0.